The lowest BCUT2D eigenvalue weighted by molar-refractivity contribution is 0.0527. The molecule has 3 N–H and O–H groups in total. The molecule has 1 fully saturated rings. The molecule has 1 unspecified atom stereocenters. The van der Waals surface area contributed by atoms with Crippen molar-refractivity contribution in [2.45, 2.75) is 65.4 Å². The van der Waals surface area contributed by atoms with Gasteiger partial charge >= 0.3 is 6.09 Å². The summed E-state index contributed by atoms with van der Waals surface area (Å²) in [6, 6.07) is 0. The van der Waals surface area contributed by atoms with Crippen molar-refractivity contribution in [3.8, 4) is 0 Å². The van der Waals surface area contributed by atoms with Gasteiger partial charge in [0, 0.05) is 33.2 Å². The minimum Gasteiger partial charge on any atom is -0.444 e. The zero-order valence-electron chi connectivity index (χ0n) is 18.5. The smallest absolute Gasteiger partial charge is 0.407 e. The molecule has 0 aliphatic carbocycles. The molecule has 1 atom stereocenters. The molecule has 166 valence electrons. The van der Waals surface area contributed by atoms with Gasteiger partial charge < -0.3 is 25.6 Å². The van der Waals surface area contributed by atoms with Crippen molar-refractivity contribution in [3.63, 3.8) is 0 Å². The molecule has 1 heterocycles. The zero-order chi connectivity index (χ0) is 20.1. The molecule has 0 aromatic heterocycles. The van der Waals surface area contributed by atoms with Gasteiger partial charge in [0.2, 0.25) is 0 Å². The molecule has 8 heteroatoms. The van der Waals surface area contributed by atoms with Gasteiger partial charge in [0.25, 0.3) is 0 Å². The van der Waals surface area contributed by atoms with Crippen molar-refractivity contribution in [1.29, 1.82) is 0 Å². The van der Waals surface area contributed by atoms with Gasteiger partial charge in [-0.3, -0.25) is 4.99 Å². The number of rotatable bonds is 9. The van der Waals surface area contributed by atoms with Crippen LogP contribution in [0.3, 0.4) is 0 Å². The second-order valence-electron chi connectivity index (χ2n) is 8.46. The molecule has 7 nitrogen and oxygen atoms in total. The Morgan fingerprint density at radius 1 is 1.11 bits per heavy atom. The number of unbranched alkanes of at least 4 members (excludes halogenated alkanes) is 1. The first kappa shape index (κ1) is 27.2. The molecular formula is C20H42IN5O2. The Morgan fingerprint density at radius 3 is 2.36 bits per heavy atom. The van der Waals surface area contributed by atoms with Crippen molar-refractivity contribution in [1.82, 2.24) is 20.9 Å². The van der Waals surface area contributed by atoms with E-state index in [-0.39, 0.29) is 30.1 Å². The monoisotopic (exact) mass is 511 g/mol. The summed E-state index contributed by atoms with van der Waals surface area (Å²) < 4.78 is 5.20. The Morgan fingerprint density at radius 2 is 1.75 bits per heavy atom. The number of aliphatic imine (C=N–C) groups is 1. The summed E-state index contributed by atoms with van der Waals surface area (Å²) in [5.41, 5.74) is -0.458. The minimum atomic E-state index is -0.458. The summed E-state index contributed by atoms with van der Waals surface area (Å²) >= 11 is 0. The van der Waals surface area contributed by atoms with Gasteiger partial charge in [0.1, 0.15) is 5.60 Å². The number of amides is 1. The van der Waals surface area contributed by atoms with Crippen LogP contribution >= 0.6 is 24.0 Å². The van der Waals surface area contributed by atoms with Crippen molar-refractivity contribution in [2.75, 3.05) is 46.3 Å². The lowest BCUT2D eigenvalue weighted by Gasteiger charge is -2.30. The van der Waals surface area contributed by atoms with Gasteiger partial charge in [0.05, 0.1) is 0 Å². The highest BCUT2D eigenvalue weighted by molar-refractivity contribution is 14.0. The van der Waals surface area contributed by atoms with Crippen LogP contribution in [0.1, 0.15) is 59.8 Å². The molecule has 1 amide bonds. The lowest BCUT2D eigenvalue weighted by Crippen LogP contribution is -2.40. The Hall–Kier alpha value is -0.770. The predicted octanol–water partition coefficient (Wildman–Crippen LogP) is 3.20. The molecular weight excluding hydrogens is 469 g/mol. The standard InChI is InChI=1S/C20H41N5O2.HI/c1-17-10-8-15-25(16-17)14-7-6-11-22-18(21-5)23-12-9-13-24-19(26)27-20(2,3)4;/h17H,6-16H2,1-5H3,(H,24,26)(H2,21,22,23);1H. The highest BCUT2D eigenvalue weighted by Gasteiger charge is 2.16. The average molecular weight is 511 g/mol. The fourth-order valence-electron chi connectivity index (χ4n) is 3.18. The van der Waals surface area contributed by atoms with E-state index in [1.807, 2.05) is 20.8 Å². The number of hydrogen-bond acceptors (Lipinski definition) is 4. The molecule has 1 aliphatic heterocycles. The van der Waals surface area contributed by atoms with Crippen LogP contribution in [-0.2, 0) is 4.74 Å². The maximum atomic E-state index is 11.6. The van der Waals surface area contributed by atoms with Crippen LogP contribution < -0.4 is 16.0 Å². The van der Waals surface area contributed by atoms with E-state index in [4.69, 9.17) is 4.74 Å². The van der Waals surface area contributed by atoms with Crippen molar-refractivity contribution < 1.29 is 9.53 Å². The number of nitrogens with zero attached hydrogens (tertiary/aromatic N) is 2. The molecule has 0 spiro atoms. The second-order valence-corrected chi connectivity index (χ2v) is 8.46. The number of likely N-dealkylation sites (tertiary alicyclic amines) is 1. The summed E-state index contributed by atoms with van der Waals surface area (Å²) in [5, 5.41) is 9.39. The fourth-order valence-corrected chi connectivity index (χ4v) is 3.18. The summed E-state index contributed by atoms with van der Waals surface area (Å²) in [5.74, 6) is 1.67. The van der Waals surface area contributed by atoms with Crippen LogP contribution in [0.5, 0.6) is 0 Å². The summed E-state index contributed by atoms with van der Waals surface area (Å²) in [6.45, 7) is 13.9. The van der Waals surface area contributed by atoms with E-state index in [9.17, 15) is 4.79 Å². The number of ether oxygens (including phenoxy) is 1. The third-order valence-corrected chi connectivity index (χ3v) is 4.47. The van der Waals surface area contributed by atoms with Gasteiger partial charge in [-0.1, -0.05) is 6.92 Å². The highest BCUT2D eigenvalue weighted by Crippen LogP contribution is 2.15. The molecule has 28 heavy (non-hydrogen) atoms. The average Bonchev–Trinajstić information content (AvgIpc) is 2.58. The van der Waals surface area contributed by atoms with Crippen molar-refractivity contribution >= 4 is 36.0 Å². The number of carbonyl (C=O) groups is 1. The molecule has 0 aromatic rings. The predicted molar refractivity (Wildman–Crippen MR) is 128 cm³/mol. The highest BCUT2D eigenvalue weighted by atomic mass is 127. The quantitative estimate of drug-likeness (QED) is 0.192. The van der Waals surface area contributed by atoms with E-state index in [2.05, 4.69) is 32.8 Å². The van der Waals surface area contributed by atoms with Crippen LogP contribution in [0.2, 0.25) is 0 Å². The molecule has 1 rings (SSSR count). The summed E-state index contributed by atoms with van der Waals surface area (Å²) in [4.78, 5) is 18.4. The number of hydrogen-bond donors (Lipinski definition) is 3. The van der Waals surface area contributed by atoms with Gasteiger partial charge in [0.15, 0.2) is 5.96 Å². The summed E-state index contributed by atoms with van der Waals surface area (Å²) in [7, 11) is 1.78. The molecule has 0 bridgehead atoms. The fraction of sp³-hybridized carbons (Fsp3) is 0.900. The van der Waals surface area contributed by atoms with Crippen LogP contribution in [0, 0.1) is 5.92 Å². The number of alkyl carbamates (subject to hydrolysis) is 1. The Labute approximate surface area is 188 Å². The number of halogens is 1. The SMILES string of the molecule is CN=C(NCCCCN1CCCC(C)C1)NCCCNC(=O)OC(C)(C)C.I. The van der Waals surface area contributed by atoms with E-state index in [1.165, 1.54) is 38.9 Å². The number of nitrogens with one attached hydrogen (secondary N) is 3. The van der Waals surface area contributed by atoms with E-state index in [0.29, 0.717) is 6.54 Å². The Balaban J connectivity index is 0.00000729. The van der Waals surface area contributed by atoms with Crippen LogP contribution in [0.25, 0.3) is 0 Å². The van der Waals surface area contributed by atoms with E-state index in [0.717, 1.165) is 37.8 Å². The first-order valence-electron chi connectivity index (χ1n) is 10.4. The Bertz CT molecular complexity index is 454. The van der Waals surface area contributed by atoms with Gasteiger partial charge in [-0.05, 0) is 71.9 Å². The van der Waals surface area contributed by atoms with Crippen LogP contribution in [-0.4, -0.2) is 68.9 Å². The third-order valence-electron chi connectivity index (χ3n) is 4.47. The maximum Gasteiger partial charge on any atom is 0.407 e. The summed E-state index contributed by atoms with van der Waals surface area (Å²) in [6.07, 6.45) is 5.54. The van der Waals surface area contributed by atoms with Crippen molar-refractivity contribution in [3.05, 3.63) is 0 Å². The second kappa shape index (κ2) is 15.1. The minimum absolute atomic E-state index is 0. The van der Waals surface area contributed by atoms with Gasteiger partial charge in [-0.25, -0.2) is 4.79 Å². The number of carbonyl (C=O) groups excluding carboxylic acids is 1. The normalized spacial score (nSPS) is 18.2. The first-order valence-corrected chi connectivity index (χ1v) is 10.4. The number of guanidine groups is 1. The first-order chi connectivity index (χ1) is 12.8. The van der Waals surface area contributed by atoms with E-state index < -0.39 is 5.60 Å². The molecule has 1 aliphatic rings. The Kier molecular flexibility index (Phi) is 14.7. The zero-order valence-corrected chi connectivity index (χ0v) is 20.8. The molecule has 0 saturated carbocycles. The molecule has 0 aromatic carbocycles. The number of piperidine rings is 1. The largest absolute Gasteiger partial charge is 0.444 e. The van der Waals surface area contributed by atoms with Crippen LogP contribution in [0.15, 0.2) is 4.99 Å². The van der Waals surface area contributed by atoms with Gasteiger partial charge in [-0.15, -0.1) is 24.0 Å². The van der Waals surface area contributed by atoms with Crippen molar-refractivity contribution in [2.24, 2.45) is 10.9 Å². The van der Waals surface area contributed by atoms with E-state index >= 15 is 0 Å². The molecule has 1 saturated heterocycles. The van der Waals surface area contributed by atoms with Crippen LogP contribution in [0.4, 0.5) is 4.79 Å². The van der Waals surface area contributed by atoms with Gasteiger partial charge in [-0.2, -0.15) is 0 Å². The van der Waals surface area contributed by atoms with E-state index in [1.54, 1.807) is 7.05 Å². The third kappa shape index (κ3) is 14.3. The topological polar surface area (TPSA) is 78.0 Å². The lowest BCUT2D eigenvalue weighted by atomic mass is 10.0. The molecule has 0 radical (unpaired) electrons. The maximum absolute atomic E-state index is 11.6.